The molecule has 0 saturated heterocycles. The Morgan fingerprint density at radius 3 is 2.13 bits per heavy atom. The van der Waals surface area contributed by atoms with E-state index in [4.69, 9.17) is 0 Å². The summed E-state index contributed by atoms with van der Waals surface area (Å²) in [5.41, 5.74) is 0.568. The molecule has 0 spiro atoms. The Kier molecular flexibility index (Phi) is 3.97. The van der Waals surface area contributed by atoms with Crippen LogP contribution in [0, 0.1) is 5.92 Å². The van der Waals surface area contributed by atoms with Crippen LogP contribution in [0.1, 0.15) is 32.4 Å². The van der Waals surface area contributed by atoms with E-state index < -0.39 is 0 Å². The highest BCUT2D eigenvalue weighted by Gasteiger charge is 2.14. The predicted octanol–water partition coefficient (Wildman–Crippen LogP) is 2.40. The van der Waals surface area contributed by atoms with Crippen molar-refractivity contribution in [2.45, 2.75) is 26.8 Å². The molecule has 1 aromatic rings. The lowest BCUT2D eigenvalue weighted by atomic mass is 10.1. The number of phenols is 2. The van der Waals surface area contributed by atoms with Gasteiger partial charge in [0.1, 0.15) is 11.5 Å². The van der Waals surface area contributed by atoms with Crippen LogP contribution in [0.5, 0.6) is 11.5 Å². The zero-order valence-electron chi connectivity index (χ0n) is 9.49. The number of hydrogen-bond donors (Lipinski definition) is 3. The molecule has 1 rings (SSSR count). The fourth-order valence-corrected chi connectivity index (χ4v) is 1.50. The average Bonchev–Trinajstić information content (AvgIpc) is 2.14. The van der Waals surface area contributed by atoms with Crippen LogP contribution in [0.15, 0.2) is 18.2 Å². The summed E-state index contributed by atoms with van der Waals surface area (Å²) in [5, 5.41) is 22.5. The lowest BCUT2D eigenvalue weighted by molar-refractivity contribution is 0.411. The average molecular weight is 209 g/mol. The van der Waals surface area contributed by atoms with Crippen molar-refractivity contribution in [3.05, 3.63) is 23.8 Å². The van der Waals surface area contributed by atoms with Crippen LogP contribution >= 0.6 is 0 Å². The van der Waals surface area contributed by atoms with Gasteiger partial charge in [0.05, 0.1) is 5.56 Å². The van der Waals surface area contributed by atoms with Crippen LogP contribution in [0.25, 0.3) is 0 Å². The molecule has 0 heterocycles. The second kappa shape index (κ2) is 5.03. The van der Waals surface area contributed by atoms with Gasteiger partial charge in [-0.1, -0.05) is 19.9 Å². The number of nitrogens with one attached hydrogen (secondary N) is 1. The summed E-state index contributed by atoms with van der Waals surface area (Å²) in [4.78, 5) is 0. The number of rotatable bonds is 4. The third kappa shape index (κ3) is 3.13. The summed E-state index contributed by atoms with van der Waals surface area (Å²) in [6.07, 6.45) is 0. The van der Waals surface area contributed by atoms with Crippen LogP contribution in [0.4, 0.5) is 0 Å². The number of benzene rings is 1. The van der Waals surface area contributed by atoms with Crippen LogP contribution in [-0.4, -0.2) is 16.8 Å². The molecule has 0 radical (unpaired) electrons. The Hall–Kier alpha value is -1.22. The van der Waals surface area contributed by atoms with Crippen LogP contribution in [-0.2, 0) is 0 Å². The molecule has 3 N–H and O–H groups in total. The van der Waals surface area contributed by atoms with Crippen molar-refractivity contribution in [3.8, 4) is 11.5 Å². The SMILES string of the molecule is CC(C)CNC(C)c1c(O)cccc1O. The highest BCUT2D eigenvalue weighted by atomic mass is 16.3. The normalized spacial score (nSPS) is 13.1. The van der Waals surface area contributed by atoms with Gasteiger partial charge in [0, 0.05) is 6.04 Å². The molecule has 0 fully saturated rings. The Morgan fingerprint density at radius 1 is 1.13 bits per heavy atom. The third-order valence-corrected chi connectivity index (χ3v) is 2.33. The van der Waals surface area contributed by atoms with Crippen LogP contribution in [0.2, 0.25) is 0 Å². The van der Waals surface area contributed by atoms with E-state index in [0.29, 0.717) is 11.5 Å². The second-order valence-electron chi connectivity index (χ2n) is 4.23. The van der Waals surface area contributed by atoms with Crippen molar-refractivity contribution in [2.75, 3.05) is 6.54 Å². The summed E-state index contributed by atoms with van der Waals surface area (Å²) < 4.78 is 0. The van der Waals surface area contributed by atoms with E-state index in [1.807, 2.05) is 6.92 Å². The molecular formula is C12H19NO2. The summed E-state index contributed by atoms with van der Waals surface area (Å²) >= 11 is 0. The van der Waals surface area contributed by atoms with Gasteiger partial charge in [-0.15, -0.1) is 0 Å². The van der Waals surface area contributed by atoms with Gasteiger partial charge in [0.15, 0.2) is 0 Å². The standard InChI is InChI=1S/C12H19NO2/c1-8(2)7-13-9(3)12-10(14)5-4-6-11(12)15/h4-6,8-9,13-15H,7H2,1-3H3. The minimum absolute atomic E-state index is 0.0476. The van der Waals surface area contributed by atoms with Gasteiger partial charge in [-0.05, 0) is 31.5 Å². The molecule has 3 heteroatoms. The first kappa shape index (κ1) is 11.9. The van der Waals surface area contributed by atoms with Crippen molar-refractivity contribution >= 4 is 0 Å². The Balaban J connectivity index is 2.77. The molecule has 3 nitrogen and oxygen atoms in total. The zero-order valence-corrected chi connectivity index (χ0v) is 9.49. The fraction of sp³-hybridized carbons (Fsp3) is 0.500. The Labute approximate surface area is 90.8 Å². The maximum atomic E-state index is 9.63. The molecule has 0 aliphatic rings. The Morgan fingerprint density at radius 2 is 1.67 bits per heavy atom. The molecule has 1 unspecified atom stereocenters. The van der Waals surface area contributed by atoms with Crippen molar-refractivity contribution in [2.24, 2.45) is 5.92 Å². The monoisotopic (exact) mass is 209 g/mol. The van der Waals surface area contributed by atoms with Crippen molar-refractivity contribution < 1.29 is 10.2 Å². The lowest BCUT2D eigenvalue weighted by Gasteiger charge is -2.18. The first-order chi connectivity index (χ1) is 7.02. The molecule has 0 aliphatic heterocycles. The van der Waals surface area contributed by atoms with E-state index in [1.165, 1.54) is 0 Å². The maximum absolute atomic E-state index is 9.63. The summed E-state index contributed by atoms with van der Waals surface area (Å²) in [6.45, 7) is 7.01. The van der Waals surface area contributed by atoms with Gasteiger partial charge in [0.2, 0.25) is 0 Å². The van der Waals surface area contributed by atoms with Gasteiger partial charge < -0.3 is 15.5 Å². The number of hydrogen-bond acceptors (Lipinski definition) is 3. The minimum atomic E-state index is -0.0476. The second-order valence-corrected chi connectivity index (χ2v) is 4.23. The predicted molar refractivity (Wildman–Crippen MR) is 61.0 cm³/mol. The number of aromatic hydroxyl groups is 2. The van der Waals surface area contributed by atoms with E-state index >= 15 is 0 Å². The van der Waals surface area contributed by atoms with Crippen molar-refractivity contribution in [1.82, 2.24) is 5.32 Å². The smallest absolute Gasteiger partial charge is 0.124 e. The third-order valence-electron chi connectivity index (χ3n) is 2.33. The molecule has 0 saturated carbocycles. The van der Waals surface area contributed by atoms with Crippen LogP contribution < -0.4 is 5.32 Å². The Bertz CT molecular complexity index is 303. The zero-order chi connectivity index (χ0) is 11.4. The summed E-state index contributed by atoms with van der Waals surface area (Å²) in [6, 6.07) is 4.75. The lowest BCUT2D eigenvalue weighted by Crippen LogP contribution is -2.23. The fourth-order valence-electron chi connectivity index (χ4n) is 1.50. The molecule has 0 aliphatic carbocycles. The molecular weight excluding hydrogens is 190 g/mol. The van der Waals surface area contributed by atoms with E-state index in [2.05, 4.69) is 19.2 Å². The van der Waals surface area contributed by atoms with Gasteiger partial charge in [-0.25, -0.2) is 0 Å². The van der Waals surface area contributed by atoms with Gasteiger partial charge in [0.25, 0.3) is 0 Å². The number of phenolic OH excluding ortho intramolecular Hbond substituents is 2. The van der Waals surface area contributed by atoms with Gasteiger partial charge >= 0.3 is 0 Å². The topological polar surface area (TPSA) is 52.5 Å². The van der Waals surface area contributed by atoms with E-state index in [0.717, 1.165) is 6.54 Å². The van der Waals surface area contributed by atoms with E-state index in [9.17, 15) is 10.2 Å². The minimum Gasteiger partial charge on any atom is -0.507 e. The van der Waals surface area contributed by atoms with Crippen molar-refractivity contribution in [3.63, 3.8) is 0 Å². The molecule has 1 atom stereocenters. The highest BCUT2D eigenvalue weighted by Crippen LogP contribution is 2.31. The molecule has 0 aromatic heterocycles. The van der Waals surface area contributed by atoms with Crippen molar-refractivity contribution in [1.29, 1.82) is 0 Å². The maximum Gasteiger partial charge on any atom is 0.124 e. The summed E-state index contributed by atoms with van der Waals surface area (Å²) in [7, 11) is 0. The first-order valence-corrected chi connectivity index (χ1v) is 5.26. The molecule has 84 valence electrons. The first-order valence-electron chi connectivity index (χ1n) is 5.26. The quantitative estimate of drug-likeness (QED) is 0.713. The highest BCUT2D eigenvalue weighted by molar-refractivity contribution is 5.44. The molecule has 0 bridgehead atoms. The van der Waals surface area contributed by atoms with E-state index in [-0.39, 0.29) is 17.5 Å². The molecule has 0 amide bonds. The van der Waals surface area contributed by atoms with Gasteiger partial charge in [-0.2, -0.15) is 0 Å². The van der Waals surface area contributed by atoms with Crippen LogP contribution in [0.3, 0.4) is 0 Å². The molecule has 1 aromatic carbocycles. The molecule has 15 heavy (non-hydrogen) atoms. The largest absolute Gasteiger partial charge is 0.507 e. The van der Waals surface area contributed by atoms with E-state index in [1.54, 1.807) is 18.2 Å². The summed E-state index contributed by atoms with van der Waals surface area (Å²) in [5.74, 6) is 0.818. The van der Waals surface area contributed by atoms with Gasteiger partial charge in [-0.3, -0.25) is 0 Å².